The molecular weight excluding hydrogens is 455 g/mol. The Bertz CT molecular complexity index is 1150. The van der Waals surface area contributed by atoms with Crippen molar-refractivity contribution in [1.29, 1.82) is 0 Å². The van der Waals surface area contributed by atoms with E-state index in [1.807, 2.05) is 30.3 Å². The lowest BCUT2D eigenvalue weighted by Gasteiger charge is -2.24. The van der Waals surface area contributed by atoms with Crippen molar-refractivity contribution in [2.75, 3.05) is 17.1 Å². The summed E-state index contributed by atoms with van der Waals surface area (Å²) in [6.07, 6.45) is 1.85. The molecular formula is C23H22Cl2N2O3S. The third kappa shape index (κ3) is 6.23. The summed E-state index contributed by atoms with van der Waals surface area (Å²) < 4.78 is 25.9. The Morgan fingerprint density at radius 3 is 2.23 bits per heavy atom. The number of anilines is 1. The van der Waals surface area contributed by atoms with Gasteiger partial charge in [0.05, 0.1) is 28.5 Å². The van der Waals surface area contributed by atoms with Crippen molar-refractivity contribution in [1.82, 2.24) is 5.32 Å². The van der Waals surface area contributed by atoms with E-state index in [1.165, 1.54) is 4.31 Å². The van der Waals surface area contributed by atoms with E-state index < -0.39 is 10.0 Å². The maximum Gasteiger partial charge on any atom is 0.251 e. The maximum absolute atomic E-state index is 12.4. The topological polar surface area (TPSA) is 66.5 Å². The molecule has 3 rings (SSSR count). The zero-order valence-electron chi connectivity index (χ0n) is 16.9. The number of hydrogen-bond acceptors (Lipinski definition) is 3. The van der Waals surface area contributed by atoms with Crippen molar-refractivity contribution in [2.24, 2.45) is 0 Å². The van der Waals surface area contributed by atoms with Gasteiger partial charge in [0, 0.05) is 12.1 Å². The summed E-state index contributed by atoms with van der Waals surface area (Å²) in [6, 6.07) is 21.5. The molecule has 0 aliphatic heterocycles. The number of amides is 1. The van der Waals surface area contributed by atoms with Gasteiger partial charge < -0.3 is 5.32 Å². The van der Waals surface area contributed by atoms with Crippen LogP contribution in [0.5, 0.6) is 0 Å². The Morgan fingerprint density at radius 1 is 0.903 bits per heavy atom. The van der Waals surface area contributed by atoms with E-state index in [2.05, 4.69) is 5.32 Å². The van der Waals surface area contributed by atoms with Crippen molar-refractivity contribution in [3.63, 3.8) is 0 Å². The van der Waals surface area contributed by atoms with Crippen LogP contribution in [0.3, 0.4) is 0 Å². The molecule has 0 spiro atoms. The van der Waals surface area contributed by atoms with Crippen LogP contribution in [0.25, 0.3) is 0 Å². The van der Waals surface area contributed by atoms with Crippen LogP contribution < -0.4 is 9.62 Å². The quantitative estimate of drug-likeness (QED) is 0.500. The lowest BCUT2D eigenvalue weighted by molar-refractivity contribution is 0.0954. The Balaban J connectivity index is 1.68. The largest absolute Gasteiger partial charge is 0.352 e. The van der Waals surface area contributed by atoms with Gasteiger partial charge >= 0.3 is 0 Å². The summed E-state index contributed by atoms with van der Waals surface area (Å²) in [5, 5.41) is 3.34. The van der Waals surface area contributed by atoms with Gasteiger partial charge in [-0.05, 0) is 41.8 Å². The van der Waals surface area contributed by atoms with Crippen molar-refractivity contribution < 1.29 is 13.2 Å². The molecule has 0 fully saturated rings. The SMILES string of the molecule is CS(=O)(=O)N(Cc1ccc(C(=O)NCCc2ccccc2)cc1)c1cccc(Cl)c1Cl. The zero-order chi connectivity index (χ0) is 22.4. The summed E-state index contributed by atoms with van der Waals surface area (Å²) in [5.74, 6) is -0.180. The predicted molar refractivity (Wildman–Crippen MR) is 126 cm³/mol. The number of carbonyl (C=O) groups is 1. The molecule has 0 atom stereocenters. The molecule has 0 aromatic heterocycles. The Kier molecular flexibility index (Phi) is 7.59. The van der Waals surface area contributed by atoms with E-state index in [0.717, 1.165) is 18.2 Å². The molecule has 0 unspecified atom stereocenters. The van der Waals surface area contributed by atoms with Crippen LogP contribution in [-0.2, 0) is 23.0 Å². The number of carbonyl (C=O) groups excluding carboxylic acids is 1. The number of halogens is 2. The first-order chi connectivity index (χ1) is 14.8. The second kappa shape index (κ2) is 10.2. The second-order valence-electron chi connectivity index (χ2n) is 7.03. The molecule has 1 amide bonds. The van der Waals surface area contributed by atoms with Crippen LogP contribution in [0.2, 0.25) is 10.0 Å². The molecule has 3 aromatic rings. The minimum absolute atomic E-state index is 0.0643. The highest BCUT2D eigenvalue weighted by atomic mass is 35.5. The van der Waals surface area contributed by atoms with Crippen molar-refractivity contribution >= 4 is 44.8 Å². The van der Waals surface area contributed by atoms with Crippen LogP contribution in [0.15, 0.2) is 72.8 Å². The molecule has 0 aliphatic carbocycles. The maximum atomic E-state index is 12.4. The number of rotatable bonds is 8. The van der Waals surface area contributed by atoms with Gasteiger partial charge in [-0.1, -0.05) is 71.7 Å². The number of nitrogens with zero attached hydrogens (tertiary/aromatic N) is 1. The molecule has 1 N–H and O–H groups in total. The standard InChI is InChI=1S/C23H22Cl2N2O3S/c1-31(29,30)27(21-9-5-8-20(24)22(21)25)16-18-10-12-19(13-11-18)23(28)26-15-14-17-6-3-2-4-7-17/h2-13H,14-16H2,1H3,(H,26,28). The molecule has 3 aromatic carbocycles. The third-order valence-corrected chi connectivity index (χ3v) is 6.62. The summed E-state index contributed by atoms with van der Waals surface area (Å²) in [4.78, 5) is 12.4. The fourth-order valence-corrected chi connectivity index (χ4v) is 4.40. The number of hydrogen-bond donors (Lipinski definition) is 1. The fourth-order valence-electron chi connectivity index (χ4n) is 3.06. The lowest BCUT2D eigenvalue weighted by Crippen LogP contribution is -2.29. The van der Waals surface area contributed by atoms with Gasteiger partial charge in [0.25, 0.3) is 5.91 Å². The second-order valence-corrected chi connectivity index (χ2v) is 9.72. The molecule has 0 radical (unpaired) electrons. The molecule has 162 valence electrons. The molecule has 31 heavy (non-hydrogen) atoms. The minimum Gasteiger partial charge on any atom is -0.352 e. The minimum atomic E-state index is -3.61. The fraction of sp³-hybridized carbons (Fsp3) is 0.174. The molecule has 0 heterocycles. The first-order valence-electron chi connectivity index (χ1n) is 9.58. The summed E-state index contributed by atoms with van der Waals surface area (Å²) in [6.45, 7) is 0.592. The highest BCUT2D eigenvalue weighted by Gasteiger charge is 2.21. The smallest absolute Gasteiger partial charge is 0.251 e. The summed E-state index contributed by atoms with van der Waals surface area (Å²) >= 11 is 12.3. The molecule has 0 saturated carbocycles. The van der Waals surface area contributed by atoms with E-state index in [-0.39, 0.29) is 22.5 Å². The summed E-state index contributed by atoms with van der Waals surface area (Å²) in [5.41, 5.74) is 2.67. The molecule has 0 bridgehead atoms. The number of sulfonamides is 1. The van der Waals surface area contributed by atoms with Gasteiger partial charge in [0.2, 0.25) is 10.0 Å². The Hall–Kier alpha value is -2.54. The number of nitrogens with one attached hydrogen (secondary N) is 1. The van der Waals surface area contributed by atoms with Crippen molar-refractivity contribution in [2.45, 2.75) is 13.0 Å². The lowest BCUT2D eigenvalue weighted by atomic mass is 10.1. The van der Waals surface area contributed by atoms with Crippen LogP contribution in [-0.4, -0.2) is 27.1 Å². The average Bonchev–Trinajstić information content (AvgIpc) is 2.74. The van der Waals surface area contributed by atoms with Crippen LogP contribution in [0, 0.1) is 0 Å². The van der Waals surface area contributed by atoms with Crippen molar-refractivity contribution in [3.05, 3.63) is 99.5 Å². The highest BCUT2D eigenvalue weighted by molar-refractivity contribution is 7.92. The van der Waals surface area contributed by atoms with Gasteiger partial charge in [-0.2, -0.15) is 0 Å². The highest BCUT2D eigenvalue weighted by Crippen LogP contribution is 2.34. The van der Waals surface area contributed by atoms with Gasteiger partial charge in [-0.3, -0.25) is 9.10 Å². The third-order valence-electron chi connectivity index (χ3n) is 4.68. The number of benzene rings is 3. The van der Waals surface area contributed by atoms with Crippen LogP contribution in [0.4, 0.5) is 5.69 Å². The average molecular weight is 477 g/mol. The van der Waals surface area contributed by atoms with Gasteiger partial charge in [0.1, 0.15) is 0 Å². The molecule has 5 nitrogen and oxygen atoms in total. The van der Waals surface area contributed by atoms with E-state index in [4.69, 9.17) is 23.2 Å². The van der Waals surface area contributed by atoms with E-state index >= 15 is 0 Å². The Morgan fingerprint density at radius 2 is 1.58 bits per heavy atom. The predicted octanol–water partition coefficient (Wildman–Crippen LogP) is 4.93. The summed E-state index contributed by atoms with van der Waals surface area (Å²) in [7, 11) is -3.61. The van der Waals surface area contributed by atoms with Gasteiger partial charge in [0.15, 0.2) is 0 Å². The monoisotopic (exact) mass is 476 g/mol. The first-order valence-corrected chi connectivity index (χ1v) is 12.2. The van der Waals surface area contributed by atoms with E-state index in [9.17, 15) is 13.2 Å². The molecule has 8 heteroatoms. The van der Waals surface area contributed by atoms with E-state index in [1.54, 1.807) is 42.5 Å². The first kappa shape index (κ1) is 23.1. The van der Waals surface area contributed by atoms with E-state index in [0.29, 0.717) is 23.4 Å². The molecule has 0 saturated heterocycles. The van der Waals surface area contributed by atoms with Crippen LogP contribution in [0.1, 0.15) is 21.5 Å². The zero-order valence-corrected chi connectivity index (χ0v) is 19.2. The Labute approximate surface area is 192 Å². The molecule has 0 aliphatic rings. The van der Waals surface area contributed by atoms with Crippen LogP contribution >= 0.6 is 23.2 Å². The van der Waals surface area contributed by atoms with Gasteiger partial charge in [-0.25, -0.2) is 8.42 Å². The van der Waals surface area contributed by atoms with Crippen molar-refractivity contribution in [3.8, 4) is 0 Å². The normalized spacial score (nSPS) is 11.2. The van der Waals surface area contributed by atoms with Gasteiger partial charge in [-0.15, -0.1) is 0 Å².